The van der Waals surface area contributed by atoms with Crippen molar-refractivity contribution in [3.63, 3.8) is 0 Å². The van der Waals surface area contributed by atoms with Crippen LogP contribution in [0.4, 0.5) is 0 Å². The van der Waals surface area contributed by atoms with Gasteiger partial charge in [-0.05, 0) is 6.07 Å². The van der Waals surface area contributed by atoms with Gasteiger partial charge in [0.25, 0.3) is 0 Å². The third-order valence-corrected chi connectivity index (χ3v) is 2.83. The first-order valence-electron chi connectivity index (χ1n) is 5.51. The lowest BCUT2D eigenvalue weighted by Crippen LogP contribution is -2.10. The zero-order chi connectivity index (χ0) is 11.7. The number of para-hydroxylation sites is 1. The minimum Gasteiger partial charge on any atom is -0.368 e. The number of aliphatic hydroxyl groups is 1. The molecule has 1 N–H and O–H groups in total. The van der Waals surface area contributed by atoms with Crippen molar-refractivity contribution in [1.82, 2.24) is 9.78 Å². The molecule has 0 spiro atoms. The van der Waals surface area contributed by atoms with Gasteiger partial charge in [-0.25, -0.2) is 4.68 Å². The molecule has 1 aromatic heterocycles. The molecule has 0 saturated heterocycles. The van der Waals surface area contributed by atoms with Crippen molar-refractivity contribution in [2.45, 2.75) is 6.23 Å². The Kier molecular flexibility index (Phi) is 2.38. The fraction of sp³-hybridized carbons (Fsp3) is 0.0714. The van der Waals surface area contributed by atoms with E-state index in [1.807, 2.05) is 54.6 Å². The van der Waals surface area contributed by atoms with Crippen molar-refractivity contribution in [2.24, 2.45) is 0 Å². The maximum absolute atomic E-state index is 10.3. The van der Waals surface area contributed by atoms with E-state index in [1.54, 1.807) is 10.9 Å². The monoisotopic (exact) mass is 224 g/mol. The standard InChI is InChI=1S/C14H12N2O/c17-14(11-6-2-1-3-7-11)16-13-9-5-4-8-12(13)10-15-16/h1-10,14,17H. The molecule has 84 valence electrons. The van der Waals surface area contributed by atoms with Crippen molar-refractivity contribution < 1.29 is 5.11 Å². The van der Waals surface area contributed by atoms with Gasteiger partial charge in [0, 0.05) is 10.9 Å². The SMILES string of the molecule is OC(c1ccccc1)n1ncc2ccccc21. The summed E-state index contributed by atoms with van der Waals surface area (Å²) >= 11 is 0. The van der Waals surface area contributed by atoms with Crippen molar-refractivity contribution in [3.05, 3.63) is 66.4 Å². The van der Waals surface area contributed by atoms with Gasteiger partial charge in [0.2, 0.25) is 0 Å². The van der Waals surface area contributed by atoms with Crippen LogP contribution >= 0.6 is 0 Å². The molecule has 1 heterocycles. The molecule has 3 rings (SSSR count). The third-order valence-electron chi connectivity index (χ3n) is 2.83. The molecule has 0 aliphatic carbocycles. The van der Waals surface area contributed by atoms with E-state index in [0.29, 0.717) is 0 Å². The minimum absolute atomic E-state index is 0.740. The second kappa shape index (κ2) is 4.03. The normalized spacial score (nSPS) is 12.8. The van der Waals surface area contributed by atoms with Crippen LogP contribution in [0.15, 0.2) is 60.8 Å². The number of hydrogen-bond donors (Lipinski definition) is 1. The lowest BCUT2D eigenvalue weighted by atomic mass is 10.2. The summed E-state index contributed by atoms with van der Waals surface area (Å²) in [4.78, 5) is 0. The number of nitrogens with zero attached hydrogens (tertiary/aromatic N) is 2. The summed E-state index contributed by atoms with van der Waals surface area (Å²) in [6.07, 6.45) is 1.03. The molecular weight excluding hydrogens is 212 g/mol. The second-order valence-corrected chi connectivity index (χ2v) is 3.93. The number of rotatable bonds is 2. The summed E-state index contributed by atoms with van der Waals surface area (Å²) in [5, 5.41) is 15.5. The largest absolute Gasteiger partial charge is 0.368 e. The number of aliphatic hydroxyl groups excluding tert-OH is 1. The average molecular weight is 224 g/mol. The zero-order valence-electron chi connectivity index (χ0n) is 9.19. The second-order valence-electron chi connectivity index (χ2n) is 3.93. The summed E-state index contributed by atoms with van der Waals surface area (Å²) in [6.45, 7) is 0. The molecule has 0 amide bonds. The highest BCUT2D eigenvalue weighted by molar-refractivity contribution is 5.78. The lowest BCUT2D eigenvalue weighted by Gasteiger charge is -2.12. The third kappa shape index (κ3) is 1.70. The van der Waals surface area contributed by atoms with E-state index in [2.05, 4.69) is 5.10 Å². The van der Waals surface area contributed by atoms with E-state index in [4.69, 9.17) is 0 Å². The summed E-state index contributed by atoms with van der Waals surface area (Å²) in [6, 6.07) is 17.4. The van der Waals surface area contributed by atoms with Gasteiger partial charge in [0.05, 0.1) is 11.7 Å². The Morgan fingerprint density at radius 2 is 1.65 bits per heavy atom. The molecule has 0 fully saturated rings. The smallest absolute Gasteiger partial charge is 0.173 e. The molecule has 0 aliphatic rings. The van der Waals surface area contributed by atoms with E-state index in [0.717, 1.165) is 16.5 Å². The summed E-state index contributed by atoms with van der Waals surface area (Å²) in [7, 11) is 0. The zero-order valence-corrected chi connectivity index (χ0v) is 9.19. The Bertz CT molecular complexity index is 631. The van der Waals surface area contributed by atoms with E-state index in [-0.39, 0.29) is 0 Å². The molecule has 3 nitrogen and oxygen atoms in total. The Hall–Kier alpha value is -2.13. The topological polar surface area (TPSA) is 38.0 Å². The van der Waals surface area contributed by atoms with E-state index in [9.17, 15) is 5.11 Å². The predicted molar refractivity (Wildman–Crippen MR) is 66.5 cm³/mol. The average Bonchev–Trinajstić information content (AvgIpc) is 2.83. The highest BCUT2D eigenvalue weighted by atomic mass is 16.3. The van der Waals surface area contributed by atoms with Crippen LogP contribution in [0.25, 0.3) is 10.9 Å². The number of hydrogen-bond acceptors (Lipinski definition) is 2. The van der Waals surface area contributed by atoms with Gasteiger partial charge in [-0.15, -0.1) is 0 Å². The molecule has 0 radical (unpaired) electrons. The molecular formula is C14H12N2O. The highest BCUT2D eigenvalue weighted by Gasteiger charge is 2.12. The molecule has 1 unspecified atom stereocenters. The fourth-order valence-electron chi connectivity index (χ4n) is 1.95. The van der Waals surface area contributed by atoms with Crippen LogP contribution in [0.1, 0.15) is 11.8 Å². The molecule has 2 aromatic carbocycles. The minimum atomic E-state index is -0.740. The quantitative estimate of drug-likeness (QED) is 0.726. The summed E-state index contributed by atoms with van der Waals surface area (Å²) in [5.41, 5.74) is 1.77. The van der Waals surface area contributed by atoms with E-state index in [1.165, 1.54) is 0 Å². The Morgan fingerprint density at radius 1 is 0.941 bits per heavy atom. The number of fused-ring (bicyclic) bond motifs is 1. The van der Waals surface area contributed by atoms with Crippen LogP contribution in [-0.2, 0) is 0 Å². The first-order chi connectivity index (χ1) is 8.36. The van der Waals surface area contributed by atoms with Gasteiger partial charge in [-0.3, -0.25) is 0 Å². The maximum Gasteiger partial charge on any atom is 0.173 e. The van der Waals surface area contributed by atoms with Crippen LogP contribution < -0.4 is 0 Å². The number of benzene rings is 2. The highest BCUT2D eigenvalue weighted by Crippen LogP contribution is 2.20. The fourth-order valence-corrected chi connectivity index (χ4v) is 1.95. The van der Waals surface area contributed by atoms with Crippen molar-refractivity contribution in [1.29, 1.82) is 0 Å². The van der Waals surface area contributed by atoms with Gasteiger partial charge in [0.1, 0.15) is 0 Å². The van der Waals surface area contributed by atoms with Gasteiger partial charge in [-0.2, -0.15) is 5.10 Å². The molecule has 1 atom stereocenters. The molecule has 17 heavy (non-hydrogen) atoms. The van der Waals surface area contributed by atoms with E-state index >= 15 is 0 Å². The lowest BCUT2D eigenvalue weighted by molar-refractivity contribution is 0.137. The first-order valence-corrected chi connectivity index (χ1v) is 5.51. The van der Waals surface area contributed by atoms with Gasteiger partial charge in [0.15, 0.2) is 6.23 Å². The van der Waals surface area contributed by atoms with Gasteiger partial charge < -0.3 is 5.11 Å². The van der Waals surface area contributed by atoms with Crippen molar-refractivity contribution in [2.75, 3.05) is 0 Å². The van der Waals surface area contributed by atoms with Gasteiger partial charge in [-0.1, -0.05) is 48.5 Å². The van der Waals surface area contributed by atoms with Crippen molar-refractivity contribution >= 4 is 10.9 Å². The number of aromatic nitrogens is 2. The molecule has 0 aliphatic heterocycles. The van der Waals surface area contributed by atoms with Crippen LogP contribution in [0.2, 0.25) is 0 Å². The first kappa shape index (κ1) is 10.1. The Morgan fingerprint density at radius 3 is 2.47 bits per heavy atom. The maximum atomic E-state index is 10.3. The Labute approximate surface area is 98.9 Å². The Balaban J connectivity index is 2.10. The van der Waals surface area contributed by atoms with Crippen LogP contribution in [0, 0.1) is 0 Å². The molecule has 3 heteroatoms. The van der Waals surface area contributed by atoms with Crippen LogP contribution in [0.3, 0.4) is 0 Å². The van der Waals surface area contributed by atoms with Gasteiger partial charge >= 0.3 is 0 Å². The molecule has 0 saturated carbocycles. The molecule has 0 bridgehead atoms. The predicted octanol–water partition coefficient (Wildman–Crippen LogP) is 2.58. The van der Waals surface area contributed by atoms with Crippen LogP contribution in [0.5, 0.6) is 0 Å². The molecule has 3 aromatic rings. The summed E-state index contributed by atoms with van der Waals surface area (Å²) in [5.74, 6) is 0. The van der Waals surface area contributed by atoms with E-state index < -0.39 is 6.23 Å². The summed E-state index contributed by atoms with van der Waals surface area (Å²) < 4.78 is 1.63. The van der Waals surface area contributed by atoms with Crippen molar-refractivity contribution in [3.8, 4) is 0 Å². The van der Waals surface area contributed by atoms with Crippen LogP contribution in [-0.4, -0.2) is 14.9 Å².